The summed E-state index contributed by atoms with van der Waals surface area (Å²) < 4.78 is 5.18. The van der Waals surface area contributed by atoms with Crippen LogP contribution in [0.15, 0.2) is 0 Å². The molecule has 11 heavy (non-hydrogen) atoms. The average Bonchev–Trinajstić information content (AvgIpc) is 2.61. The summed E-state index contributed by atoms with van der Waals surface area (Å²) >= 11 is 0. The third-order valence-electron chi connectivity index (χ3n) is 2.84. The first-order valence-corrected chi connectivity index (χ1v) is 4.44. The molecular weight excluding hydrogens is 138 g/mol. The molecule has 3 unspecified atom stereocenters. The van der Waals surface area contributed by atoms with Gasteiger partial charge in [-0.1, -0.05) is 13.3 Å². The van der Waals surface area contributed by atoms with E-state index in [0.29, 0.717) is 6.10 Å². The van der Waals surface area contributed by atoms with Gasteiger partial charge in [0.05, 0.1) is 6.10 Å². The Morgan fingerprint density at radius 2 is 2.36 bits per heavy atom. The maximum absolute atomic E-state index is 6.10. The molecule has 0 heterocycles. The maximum Gasteiger partial charge on any atom is 0.0560 e. The lowest BCUT2D eigenvalue weighted by atomic mass is 10.1. The topological polar surface area (TPSA) is 35.2 Å². The molecule has 66 valence electrons. The summed E-state index contributed by atoms with van der Waals surface area (Å²) in [4.78, 5) is 0. The molecular formula is C9H19NO. The van der Waals surface area contributed by atoms with Crippen molar-refractivity contribution in [3.05, 3.63) is 0 Å². The van der Waals surface area contributed by atoms with Crippen molar-refractivity contribution in [2.75, 3.05) is 7.11 Å². The van der Waals surface area contributed by atoms with Crippen molar-refractivity contribution in [2.45, 2.75) is 44.8 Å². The molecule has 2 N–H and O–H groups in total. The molecule has 2 heteroatoms. The SMILES string of the molecule is CCC1CC1(N)CC(C)OC. The normalized spacial score (nSPS) is 38.7. The molecule has 1 fully saturated rings. The summed E-state index contributed by atoms with van der Waals surface area (Å²) in [5, 5.41) is 0. The van der Waals surface area contributed by atoms with Crippen LogP contribution in [0.4, 0.5) is 0 Å². The molecule has 0 aliphatic heterocycles. The van der Waals surface area contributed by atoms with Crippen LogP contribution >= 0.6 is 0 Å². The molecule has 1 rings (SSSR count). The third kappa shape index (κ3) is 1.94. The molecule has 0 bridgehead atoms. The molecule has 0 saturated heterocycles. The van der Waals surface area contributed by atoms with Crippen LogP contribution in [0.5, 0.6) is 0 Å². The maximum atomic E-state index is 6.10. The average molecular weight is 157 g/mol. The number of hydrogen-bond acceptors (Lipinski definition) is 2. The number of rotatable bonds is 4. The van der Waals surface area contributed by atoms with Gasteiger partial charge in [0.25, 0.3) is 0 Å². The highest BCUT2D eigenvalue weighted by Gasteiger charge is 2.49. The van der Waals surface area contributed by atoms with Gasteiger partial charge in [0.2, 0.25) is 0 Å². The smallest absolute Gasteiger partial charge is 0.0560 e. The van der Waals surface area contributed by atoms with Crippen LogP contribution in [-0.4, -0.2) is 18.8 Å². The Morgan fingerprint density at radius 3 is 2.73 bits per heavy atom. The molecule has 0 spiro atoms. The van der Waals surface area contributed by atoms with Crippen LogP contribution in [-0.2, 0) is 4.74 Å². The van der Waals surface area contributed by atoms with Crippen LogP contribution in [0.25, 0.3) is 0 Å². The Bertz CT molecular complexity index is 138. The molecule has 3 atom stereocenters. The second-order valence-electron chi connectivity index (χ2n) is 3.79. The fourth-order valence-corrected chi connectivity index (χ4v) is 1.82. The predicted octanol–water partition coefficient (Wildman–Crippen LogP) is 1.54. The van der Waals surface area contributed by atoms with Crippen LogP contribution < -0.4 is 5.73 Å². The first kappa shape index (κ1) is 9.01. The molecule has 0 amide bonds. The van der Waals surface area contributed by atoms with Gasteiger partial charge >= 0.3 is 0 Å². The Hall–Kier alpha value is -0.0800. The summed E-state index contributed by atoms with van der Waals surface area (Å²) in [6.07, 6.45) is 3.74. The van der Waals surface area contributed by atoms with Crippen molar-refractivity contribution in [1.82, 2.24) is 0 Å². The molecule has 0 aromatic rings. The van der Waals surface area contributed by atoms with Gasteiger partial charge in [-0.2, -0.15) is 0 Å². The third-order valence-corrected chi connectivity index (χ3v) is 2.84. The molecule has 2 nitrogen and oxygen atoms in total. The van der Waals surface area contributed by atoms with Gasteiger partial charge in [0.1, 0.15) is 0 Å². The van der Waals surface area contributed by atoms with Crippen molar-refractivity contribution in [3.63, 3.8) is 0 Å². The fourth-order valence-electron chi connectivity index (χ4n) is 1.82. The summed E-state index contributed by atoms with van der Waals surface area (Å²) in [7, 11) is 1.75. The molecule has 1 aliphatic carbocycles. The number of ether oxygens (including phenoxy) is 1. The number of nitrogens with two attached hydrogens (primary N) is 1. The summed E-state index contributed by atoms with van der Waals surface area (Å²) in [6, 6.07) is 0. The van der Waals surface area contributed by atoms with Crippen LogP contribution in [0, 0.1) is 5.92 Å². The van der Waals surface area contributed by atoms with Gasteiger partial charge in [0.15, 0.2) is 0 Å². The van der Waals surface area contributed by atoms with E-state index in [9.17, 15) is 0 Å². The predicted molar refractivity (Wildman–Crippen MR) is 46.4 cm³/mol. The van der Waals surface area contributed by atoms with Crippen molar-refractivity contribution >= 4 is 0 Å². The van der Waals surface area contributed by atoms with E-state index in [1.165, 1.54) is 12.8 Å². The van der Waals surface area contributed by atoms with Crippen LogP contribution in [0.3, 0.4) is 0 Å². The Morgan fingerprint density at radius 1 is 1.73 bits per heavy atom. The van der Waals surface area contributed by atoms with E-state index in [0.717, 1.165) is 12.3 Å². The monoisotopic (exact) mass is 157 g/mol. The van der Waals surface area contributed by atoms with Crippen molar-refractivity contribution in [3.8, 4) is 0 Å². The highest BCUT2D eigenvalue weighted by Crippen LogP contribution is 2.46. The first-order chi connectivity index (χ1) is 5.12. The van der Waals surface area contributed by atoms with E-state index in [1.54, 1.807) is 7.11 Å². The molecule has 1 saturated carbocycles. The van der Waals surface area contributed by atoms with Gasteiger partial charge in [-0.15, -0.1) is 0 Å². The zero-order valence-electron chi connectivity index (χ0n) is 7.76. The Kier molecular flexibility index (Phi) is 2.55. The largest absolute Gasteiger partial charge is 0.382 e. The first-order valence-electron chi connectivity index (χ1n) is 4.44. The zero-order chi connectivity index (χ0) is 8.48. The summed E-state index contributed by atoms with van der Waals surface area (Å²) in [5.74, 6) is 0.750. The van der Waals surface area contributed by atoms with Gasteiger partial charge < -0.3 is 10.5 Å². The lowest BCUT2D eigenvalue weighted by molar-refractivity contribution is 0.100. The molecule has 0 radical (unpaired) electrons. The minimum atomic E-state index is 0.115. The second-order valence-corrected chi connectivity index (χ2v) is 3.79. The quantitative estimate of drug-likeness (QED) is 0.672. The van der Waals surface area contributed by atoms with Crippen LogP contribution in [0.2, 0.25) is 0 Å². The Balaban J connectivity index is 2.27. The minimum absolute atomic E-state index is 0.115. The molecule has 0 aromatic carbocycles. The second kappa shape index (κ2) is 3.11. The molecule has 0 aromatic heterocycles. The lowest BCUT2D eigenvalue weighted by Gasteiger charge is -2.15. The van der Waals surface area contributed by atoms with E-state index in [4.69, 9.17) is 10.5 Å². The Labute approximate surface area is 69.1 Å². The van der Waals surface area contributed by atoms with Gasteiger partial charge in [0, 0.05) is 12.6 Å². The number of methoxy groups -OCH3 is 1. The lowest BCUT2D eigenvalue weighted by Crippen LogP contribution is -2.30. The van der Waals surface area contributed by atoms with Crippen molar-refractivity contribution < 1.29 is 4.74 Å². The minimum Gasteiger partial charge on any atom is -0.382 e. The van der Waals surface area contributed by atoms with Crippen molar-refractivity contribution in [2.24, 2.45) is 11.7 Å². The van der Waals surface area contributed by atoms with Gasteiger partial charge in [-0.3, -0.25) is 0 Å². The van der Waals surface area contributed by atoms with Crippen LogP contribution in [0.1, 0.15) is 33.1 Å². The van der Waals surface area contributed by atoms with E-state index in [1.807, 2.05) is 0 Å². The number of hydrogen-bond donors (Lipinski definition) is 1. The highest BCUT2D eigenvalue weighted by molar-refractivity contribution is 5.07. The van der Waals surface area contributed by atoms with Crippen molar-refractivity contribution in [1.29, 1.82) is 0 Å². The zero-order valence-corrected chi connectivity index (χ0v) is 7.76. The van der Waals surface area contributed by atoms with E-state index < -0.39 is 0 Å². The van der Waals surface area contributed by atoms with E-state index in [-0.39, 0.29) is 5.54 Å². The van der Waals surface area contributed by atoms with Gasteiger partial charge in [-0.25, -0.2) is 0 Å². The fraction of sp³-hybridized carbons (Fsp3) is 1.00. The summed E-state index contributed by atoms with van der Waals surface area (Å²) in [6.45, 7) is 4.29. The standard InChI is InChI=1S/C9H19NO/c1-4-8-6-9(8,10)5-7(2)11-3/h7-8H,4-6,10H2,1-3H3. The van der Waals surface area contributed by atoms with E-state index in [2.05, 4.69) is 13.8 Å². The summed E-state index contributed by atoms with van der Waals surface area (Å²) in [5.41, 5.74) is 6.21. The van der Waals surface area contributed by atoms with Gasteiger partial charge in [-0.05, 0) is 25.7 Å². The van der Waals surface area contributed by atoms with E-state index >= 15 is 0 Å². The highest BCUT2D eigenvalue weighted by atomic mass is 16.5. The molecule has 1 aliphatic rings.